The topological polar surface area (TPSA) is 49.9 Å². The summed E-state index contributed by atoms with van der Waals surface area (Å²) in [6.45, 7) is 7.98. The molecule has 31 heavy (non-hydrogen) atoms. The standard InChI is InChI=1S/C26H30N2O3/c1-19(2)24(29)27-14-12-26(13-15-27)23(21-10-7-11-22(16-21)31-3)18-28(25(26)30)17-20-8-5-4-6-9-20/h4-11,16,23H,1,12-15,17-18H2,2-3H3. The minimum atomic E-state index is -0.493. The van der Waals surface area contributed by atoms with Crippen LogP contribution in [0.5, 0.6) is 5.75 Å². The molecule has 2 amide bonds. The van der Waals surface area contributed by atoms with Gasteiger partial charge in [0, 0.05) is 37.7 Å². The van der Waals surface area contributed by atoms with Crippen molar-refractivity contribution in [3.63, 3.8) is 0 Å². The van der Waals surface area contributed by atoms with Crippen LogP contribution in [0.3, 0.4) is 0 Å². The summed E-state index contributed by atoms with van der Waals surface area (Å²) >= 11 is 0. The van der Waals surface area contributed by atoms with Crippen molar-refractivity contribution in [2.75, 3.05) is 26.7 Å². The van der Waals surface area contributed by atoms with Crippen LogP contribution in [0.15, 0.2) is 66.7 Å². The number of nitrogens with zero attached hydrogens (tertiary/aromatic N) is 2. The first kappa shape index (κ1) is 21.2. The number of hydrogen-bond donors (Lipinski definition) is 0. The Balaban J connectivity index is 1.65. The van der Waals surface area contributed by atoms with Crippen LogP contribution in [0.25, 0.3) is 0 Å². The molecule has 2 saturated heterocycles. The molecule has 0 bridgehead atoms. The lowest BCUT2D eigenvalue weighted by atomic mass is 9.68. The summed E-state index contributed by atoms with van der Waals surface area (Å²) < 4.78 is 5.45. The molecule has 1 atom stereocenters. The molecule has 2 aliphatic heterocycles. The van der Waals surface area contributed by atoms with Gasteiger partial charge in [-0.1, -0.05) is 49.0 Å². The van der Waals surface area contributed by atoms with Crippen molar-refractivity contribution >= 4 is 11.8 Å². The number of ether oxygens (including phenoxy) is 1. The van der Waals surface area contributed by atoms with E-state index >= 15 is 0 Å². The third-order valence-electron chi connectivity index (χ3n) is 6.80. The van der Waals surface area contributed by atoms with E-state index in [1.807, 2.05) is 40.1 Å². The van der Waals surface area contributed by atoms with Crippen molar-refractivity contribution in [2.45, 2.75) is 32.2 Å². The summed E-state index contributed by atoms with van der Waals surface area (Å²) in [7, 11) is 1.66. The number of methoxy groups -OCH3 is 1. The number of rotatable bonds is 5. The van der Waals surface area contributed by atoms with Crippen LogP contribution >= 0.6 is 0 Å². The second-order valence-electron chi connectivity index (χ2n) is 8.73. The Hall–Kier alpha value is -3.08. The maximum Gasteiger partial charge on any atom is 0.248 e. The minimum Gasteiger partial charge on any atom is -0.497 e. The Kier molecular flexibility index (Phi) is 5.86. The van der Waals surface area contributed by atoms with E-state index in [0.717, 1.165) is 16.9 Å². The van der Waals surface area contributed by atoms with Crippen molar-refractivity contribution in [1.29, 1.82) is 0 Å². The highest BCUT2D eigenvalue weighted by Crippen LogP contribution is 2.51. The van der Waals surface area contributed by atoms with Crippen molar-refractivity contribution < 1.29 is 14.3 Å². The fourth-order valence-corrected chi connectivity index (χ4v) is 5.11. The van der Waals surface area contributed by atoms with E-state index < -0.39 is 5.41 Å². The van der Waals surface area contributed by atoms with Gasteiger partial charge in [0.25, 0.3) is 0 Å². The van der Waals surface area contributed by atoms with Gasteiger partial charge in [-0.15, -0.1) is 0 Å². The van der Waals surface area contributed by atoms with Crippen LogP contribution in [0, 0.1) is 5.41 Å². The highest BCUT2D eigenvalue weighted by molar-refractivity contribution is 5.93. The summed E-state index contributed by atoms with van der Waals surface area (Å²) in [5, 5.41) is 0. The van der Waals surface area contributed by atoms with Gasteiger partial charge < -0.3 is 14.5 Å². The van der Waals surface area contributed by atoms with E-state index in [9.17, 15) is 9.59 Å². The fraction of sp³-hybridized carbons (Fsp3) is 0.385. The third-order valence-corrected chi connectivity index (χ3v) is 6.80. The Labute approximate surface area is 184 Å². The predicted octanol–water partition coefficient (Wildman–Crippen LogP) is 4.01. The molecule has 0 N–H and O–H groups in total. The molecule has 2 aliphatic rings. The first-order valence-corrected chi connectivity index (χ1v) is 10.9. The lowest BCUT2D eigenvalue weighted by Crippen LogP contribution is -2.48. The lowest BCUT2D eigenvalue weighted by Gasteiger charge is -2.41. The number of benzene rings is 2. The average Bonchev–Trinajstić information content (AvgIpc) is 3.06. The molecule has 2 aromatic carbocycles. The summed E-state index contributed by atoms with van der Waals surface area (Å²) in [5.74, 6) is 1.06. The van der Waals surface area contributed by atoms with E-state index in [1.165, 1.54) is 0 Å². The Morgan fingerprint density at radius 2 is 1.84 bits per heavy atom. The monoisotopic (exact) mass is 418 g/mol. The van der Waals surface area contributed by atoms with Gasteiger partial charge in [0.1, 0.15) is 5.75 Å². The van der Waals surface area contributed by atoms with Gasteiger partial charge in [0.15, 0.2) is 0 Å². The molecule has 4 rings (SSSR count). The van der Waals surface area contributed by atoms with E-state index in [1.54, 1.807) is 14.0 Å². The fourth-order valence-electron chi connectivity index (χ4n) is 5.11. The van der Waals surface area contributed by atoms with Crippen LogP contribution in [0.1, 0.15) is 36.8 Å². The number of amides is 2. The zero-order valence-corrected chi connectivity index (χ0v) is 18.3. The normalized spacial score (nSPS) is 20.2. The smallest absolute Gasteiger partial charge is 0.248 e. The van der Waals surface area contributed by atoms with Gasteiger partial charge in [-0.3, -0.25) is 9.59 Å². The highest BCUT2D eigenvalue weighted by Gasteiger charge is 2.55. The van der Waals surface area contributed by atoms with Gasteiger partial charge >= 0.3 is 0 Å². The van der Waals surface area contributed by atoms with Crippen molar-refractivity contribution in [1.82, 2.24) is 9.80 Å². The molecule has 0 aliphatic carbocycles. The Morgan fingerprint density at radius 3 is 2.48 bits per heavy atom. The molecule has 5 heteroatoms. The molecular weight excluding hydrogens is 388 g/mol. The molecule has 5 nitrogen and oxygen atoms in total. The Morgan fingerprint density at radius 1 is 1.13 bits per heavy atom. The zero-order valence-electron chi connectivity index (χ0n) is 18.3. The van der Waals surface area contributed by atoms with Crippen LogP contribution in [0.2, 0.25) is 0 Å². The number of piperidine rings is 1. The molecular formula is C26H30N2O3. The summed E-state index contributed by atoms with van der Waals surface area (Å²) in [4.78, 5) is 30.1. The number of likely N-dealkylation sites (tertiary alicyclic amines) is 2. The first-order valence-electron chi connectivity index (χ1n) is 10.9. The van der Waals surface area contributed by atoms with E-state index in [0.29, 0.717) is 44.6 Å². The summed E-state index contributed by atoms with van der Waals surface area (Å²) in [6, 6.07) is 18.2. The minimum absolute atomic E-state index is 0.0145. The first-order chi connectivity index (χ1) is 14.9. The maximum atomic E-state index is 13.8. The zero-order chi connectivity index (χ0) is 22.0. The van der Waals surface area contributed by atoms with Gasteiger partial charge in [-0.25, -0.2) is 0 Å². The number of carbonyl (C=O) groups excluding carboxylic acids is 2. The molecule has 2 aromatic rings. The van der Waals surface area contributed by atoms with E-state index in [-0.39, 0.29) is 17.7 Å². The molecule has 0 aromatic heterocycles. The molecule has 1 unspecified atom stereocenters. The molecule has 2 heterocycles. The molecule has 0 saturated carbocycles. The lowest BCUT2D eigenvalue weighted by molar-refractivity contribution is -0.142. The summed E-state index contributed by atoms with van der Waals surface area (Å²) in [6.07, 6.45) is 1.33. The van der Waals surface area contributed by atoms with Gasteiger partial charge in [-0.2, -0.15) is 0 Å². The highest BCUT2D eigenvalue weighted by atomic mass is 16.5. The number of carbonyl (C=O) groups is 2. The van der Waals surface area contributed by atoms with Gasteiger partial charge in [0.2, 0.25) is 11.8 Å². The van der Waals surface area contributed by atoms with Crippen molar-refractivity contribution in [2.24, 2.45) is 5.41 Å². The third kappa shape index (κ3) is 3.97. The second-order valence-corrected chi connectivity index (χ2v) is 8.73. The molecule has 162 valence electrons. The quantitative estimate of drug-likeness (QED) is 0.690. The van der Waals surface area contributed by atoms with Crippen LogP contribution in [-0.4, -0.2) is 48.4 Å². The number of hydrogen-bond acceptors (Lipinski definition) is 3. The van der Waals surface area contributed by atoms with Crippen molar-refractivity contribution in [3.8, 4) is 5.75 Å². The van der Waals surface area contributed by atoms with Crippen LogP contribution in [-0.2, 0) is 16.1 Å². The SMILES string of the molecule is C=C(C)C(=O)N1CCC2(CC1)C(=O)N(Cc1ccccc1)CC2c1cccc(OC)c1. The largest absolute Gasteiger partial charge is 0.497 e. The van der Waals surface area contributed by atoms with E-state index in [2.05, 4.69) is 30.8 Å². The van der Waals surface area contributed by atoms with Gasteiger partial charge in [-0.05, 0) is 43.0 Å². The molecule has 2 fully saturated rings. The molecule has 0 radical (unpaired) electrons. The summed E-state index contributed by atoms with van der Waals surface area (Å²) in [5.41, 5.74) is 2.31. The Bertz CT molecular complexity index is 977. The second kappa shape index (κ2) is 8.58. The van der Waals surface area contributed by atoms with E-state index in [4.69, 9.17) is 4.74 Å². The van der Waals surface area contributed by atoms with Crippen LogP contribution < -0.4 is 4.74 Å². The molecule has 1 spiro atoms. The van der Waals surface area contributed by atoms with Crippen LogP contribution in [0.4, 0.5) is 0 Å². The predicted molar refractivity (Wildman–Crippen MR) is 121 cm³/mol. The van der Waals surface area contributed by atoms with Gasteiger partial charge in [0.05, 0.1) is 12.5 Å². The van der Waals surface area contributed by atoms with Crippen molar-refractivity contribution in [3.05, 3.63) is 77.9 Å². The maximum absolute atomic E-state index is 13.8. The average molecular weight is 419 g/mol.